The highest BCUT2D eigenvalue weighted by molar-refractivity contribution is 7.99. The minimum absolute atomic E-state index is 0.0174. The standard InChI is InChI=1S/C18H18N4O3S/c1-3-19-17(25)21-15(23)10-26-18-20-14-9-12-7-5-4-6-11(12)8-13(14)16(24)22(18)2/h4-9H,3,10H2,1-2H3,(H2,19,21,23,25). The predicted octanol–water partition coefficient (Wildman–Crippen LogP) is 2.02. The van der Waals surface area contributed by atoms with Crippen molar-refractivity contribution >= 4 is 45.4 Å². The highest BCUT2D eigenvalue weighted by Gasteiger charge is 2.13. The number of amides is 3. The fourth-order valence-electron chi connectivity index (χ4n) is 2.56. The van der Waals surface area contributed by atoms with Gasteiger partial charge in [0.15, 0.2) is 5.16 Å². The summed E-state index contributed by atoms with van der Waals surface area (Å²) in [5, 5.41) is 7.62. The lowest BCUT2D eigenvalue weighted by Crippen LogP contribution is -2.40. The fraction of sp³-hybridized carbons (Fsp3) is 0.222. The number of hydrogen-bond donors (Lipinski definition) is 2. The number of nitrogens with zero attached hydrogens (tertiary/aromatic N) is 2. The molecule has 3 amide bonds. The molecule has 0 unspecified atom stereocenters. The van der Waals surface area contributed by atoms with Crippen LogP contribution in [0.2, 0.25) is 0 Å². The minimum Gasteiger partial charge on any atom is -0.338 e. The molecule has 26 heavy (non-hydrogen) atoms. The molecule has 0 radical (unpaired) electrons. The minimum atomic E-state index is -0.537. The number of rotatable bonds is 4. The number of imide groups is 1. The summed E-state index contributed by atoms with van der Waals surface area (Å²) in [5.41, 5.74) is 0.408. The summed E-state index contributed by atoms with van der Waals surface area (Å²) >= 11 is 1.11. The number of carbonyl (C=O) groups is 2. The van der Waals surface area contributed by atoms with Crippen LogP contribution in [0.15, 0.2) is 46.3 Å². The maximum Gasteiger partial charge on any atom is 0.321 e. The molecule has 2 aromatic carbocycles. The Morgan fingerprint density at radius 2 is 1.88 bits per heavy atom. The van der Waals surface area contributed by atoms with E-state index in [-0.39, 0.29) is 11.3 Å². The summed E-state index contributed by atoms with van der Waals surface area (Å²) in [6.07, 6.45) is 0. The van der Waals surface area contributed by atoms with Crippen molar-refractivity contribution in [3.63, 3.8) is 0 Å². The van der Waals surface area contributed by atoms with Crippen molar-refractivity contribution < 1.29 is 9.59 Å². The third kappa shape index (κ3) is 3.70. The van der Waals surface area contributed by atoms with Crippen molar-refractivity contribution in [3.8, 4) is 0 Å². The number of hydrogen-bond acceptors (Lipinski definition) is 5. The maximum atomic E-state index is 12.6. The van der Waals surface area contributed by atoms with Crippen LogP contribution >= 0.6 is 11.8 Å². The van der Waals surface area contributed by atoms with E-state index < -0.39 is 11.9 Å². The number of aromatic nitrogens is 2. The van der Waals surface area contributed by atoms with Gasteiger partial charge in [-0.2, -0.15) is 0 Å². The molecule has 0 aliphatic heterocycles. The van der Waals surface area contributed by atoms with Gasteiger partial charge in [0.1, 0.15) is 0 Å². The second-order valence-electron chi connectivity index (χ2n) is 5.67. The van der Waals surface area contributed by atoms with Gasteiger partial charge < -0.3 is 5.32 Å². The summed E-state index contributed by atoms with van der Waals surface area (Å²) in [7, 11) is 1.62. The first-order chi connectivity index (χ1) is 12.5. The second-order valence-corrected chi connectivity index (χ2v) is 6.61. The molecular weight excluding hydrogens is 352 g/mol. The zero-order valence-corrected chi connectivity index (χ0v) is 15.2. The zero-order valence-electron chi connectivity index (χ0n) is 14.4. The number of nitrogens with one attached hydrogen (secondary N) is 2. The predicted molar refractivity (Wildman–Crippen MR) is 102 cm³/mol. The van der Waals surface area contributed by atoms with Crippen LogP contribution in [0.25, 0.3) is 21.7 Å². The van der Waals surface area contributed by atoms with Crippen molar-refractivity contribution in [3.05, 3.63) is 46.8 Å². The second kappa shape index (κ2) is 7.57. The highest BCUT2D eigenvalue weighted by atomic mass is 32.2. The number of carbonyl (C=O) groups excluding carboxylic acids is 2. The van der Waals surface area contributed by atoms with E-state index in [0.717, 1.165) is 22.5 Å². The topological polar surface area (TPSA) is 93.1 Å². The molecule has 3 rings (SSSR count). The molecule has 0 spiro atoms. The quantitative estimate of drug-likeness (QED) is 0.416. The zero-order chi connectivity index (χ0) is 18.7. The lowest BCUT2D eigenvalue weighted by atomic mass is 10.1. The molecule has 0 bridgehead atoms. The lowest BCUT2D eigenvalue weighted by molar-refractivity contribution is -0.117. The fourth-order valence-corrected chi connectivity index (χ4v) is 3.34. The Bertz CT molecular complexity index is 1060. The van der Waals surface area contributed by atoms with Crippen LogP contribution in [-0.4, -0.2) is 33.8 Å². The monoisotopic (exact) mass is 370 g/mol. The van der Waals surface area contributed by atoms with Crippen LogP contribution in [0.3, 0.4) is 0 Å². The van der Waals surface area contributed by atoms with Crippen molar-refractivity contribution in [1.82, 2.24) is 20.2 Å². The van der Waals surface area contributed by atoms with Gasteiger partial charge in [-0.15, -0.1) is 0 Å². The third-order valence-electron chi connectivity index (χ3n) is 3.82. The number of benzene rings is 2. The molecule has 0 atom stereocenters. The van der Waals surface area contributed by atoms with Crippen LogP contribution in [0.5, 0.6) is 0 Å². The van der Waals surface area contributed by atoms with Gasteiger partial charge in [-0.1, -0.05) is 36.0 Å². The van der Waals surface area contributed by atoms with Crippen molar-refractivity contribution in [2.45, 2.75) is 12.1 Å². The smallest absolute Gasteiger partial charge is 0.321 e. The molecule has 1 aromatic heterocycles. The van der Waals surface area contributed by atoms with Crippen LogP contribution in [0.4, 0.5) is 4.79 Å². The lowest BCUT2D eigenvalue weighted by Gasteiger charge is -2.10. The maximum absolute atomic E-state index is 12.6. The van der Waals surface area contributed by atoms with Crippen LogP contribution in [-0.2, 0) is 11.8 Å². The van der Waals surface area contributed by atoms with E-state index in [0.29, 0.717) is 22.6 Å². The van der Waals surface area contributed by atoms with Gasteiger partial charge in [-0.3, -0.25) is 19.5 Å². The Kier molecular flexibility index (Phi) is 5.22. The van der Waals surface area contributed by atoms with E-state index in [1.165, 1.54) is 4.57 Å². The van der Waals surface area contributed by atoms with E-state index >= 15 is 0 Å². The van der Waals surface area contributed by atoms with Gasteiger partial charge in [0.25, 0.3) is 5.56 Å². The van der Waals surface area contributed by atoms with Gasteiger partial charge in [-0.25, -0.2) is 9.78 Å². The average Bonchev–Trinajstić information content (AvgIpc) is 2.62. The Balaban J connectivity index is 1.88. The summed E-state index contributed by atoms with van der Waals surface area (Å²) < 4.78 is 1.42. The molecule has 0 saturated heterocycles. The number of thioether (sulfide) groups is 1. The molecule has 7 nitrogen and oxygen atoms in total. The molecule has 2 N–H and O–H groups in total. The summed E-state index contributed by atoms with van der Waals surface area (Å²) in [6, 6.07) is 10.9. The van der Waals surface area contributed by atoms with Crippen molar-refractivity contribution in [2.24, 2.45) is 7.05 Å². The van der Waals surface area contributed by atoms with E-state index in [4.69, 9.17) is 0 Å². The number of urea groups is 1. The molecule has 134 valence electrons. The molecule has 0 saturated carbocycles. The molecule has 0 aliphatic rings. The average molecular weight is 370 g/mol. The van der Waals surface area contributed by atoms with E-state index in [1.807, 2.05) is 36.4 Å². The Labute approximate surface area is 153 Å². The molecule has 3 aromatic rings. The molecule has 0 fully saturated rings. The summed E-state index contributed by atoms with van der Waals surface area (Å²) in [6.45, 7) is 2.19. The molecule has 8 heteroatoms. The largest absolute Gasteiger partial charge is 0.338 e. The van der Waals surface area contributed by atoms with Gasteiger partial charge in [-0.05, 0) is 29.8 Å². The van der Waals surface area contributed by atoms with Crippen LogP contribution < -0.4 is 16.2 Å². The molecule has 0 aliphatic carbocycles. The summed E-state index contributed by atoms with van der Waals surface area (Å²) in [4.78, 5) is 40.4. The van der Waals surface area contributed by atoms with Gasteiger partial charge in [0.2, 0.25) is 5.91 Å². The Morgan fingerprint density at radius 1 is 1.19 bits per heavy atom. The molecular formula is C18H18N4O3S. The first-order valence-electron chi connectivity index (χ1n) is 8.09. The van der Waals surface area contributed by atoms with Crippen LogP contribution in [0, 0.1) is 0 Å². The van der Waals surface area contributed by atoms with Gasteiger partial charge >= 0.3 is 6.03 Å². The van der Waals surface area contributed by atoms with E-state index in [9.17, 15) is 14.4 Å². The third-order valence-corrected chi connectivity index (χ3v) is 4.85. The summed E-state index contributed by atoms with van der Waals surface area (Å²) in [5.74, 6) is -0.468. The van der Waals surface area contributed by atoms with Crippen LogP contribution in [0.1, 0.15) is 6.92 Å². The highest BCUT2D eigenvalue weighted by Crippen LogP contribution is 2.22. The number of fused-ring (bicyclic) bond motifs is 2. The Hall–Kier alpha value is -2.87. The van der Waals surface area contributed by atoms with E-state index in [1.54, 1.807) is 14.0 Å². The normalized spacial score (nSPS) is 10.8. The first kappa shape index (κ1) is 17.9. The van der Waals surface area contributed by atoms with Gasteiger partial charge in [0, 0.05) is 13.6 Å². The first-order valence-corrected chi connectivity index (χ1v) is 9.08. The SMILES string of the molecule is CCNC(=O)NC(=O)CSc1nc2cc3ccccc3cc2c(=O)n1C. The van der Waals surface area contributed by atoms with Crippen molar-refractivity contribution in [2.75, 3.05) is 12.3 Å². The van der Waals surface area contributed by atoms with Gasteiger partial charge in [0.05, 0.1) is 16.7 Å². The Morgan fingerprint density at radius 3 is 2.58 bits per heavy atom. The van der Waals surface area contributed by atoms with Crippen molar-refractivity contribution in [1.29, 1.82) is 0 Å². The van der Waals surface area contributed by atoms with E-state index in [2.05, 4.69) is 15.6 Å². The molecule has 1 heterocycles.